The maximum Gasteiger partial charge on any atom is 0.337 e. The van der Waals surface area contributed by atoms with Gasteiger partial charge in [-0.1, -0.05) is 6.92 Å². The van der Waals surface area contributed by atoms with E-state index in [0.29, 0.717) is 23.3 Å². The van der Waals surface area contributed by atoms with Crippen molar-refractivity contribution in [2.75, 3.05) is 5.73 Å². The molecule has 0 fully saturated rings. The van der Waals surface area contributed by atoms with Gasteiger partial charge in [0.15, 0.2) is 5.65 Å². The maximum absolute atomic E-state index is 11.3. The fraction of sp³-hybridized carbons (Fsp3) is 0.143. The van der Waals surface area contributed by atoms with Crippen molar-refractivity contribution in [3.8, 4) is 11.1 Å². The van der Waals surface area contributed by atoms with Gasteiger partial charge in [0, 0.05) is 18.0 Å². The molecule has 0 aliphatic carbocycles. The van der Waals surface area contributed by atoms with Crippen molar-refractivity contribution in [1.82, 2.24) is 19.6 Å². The minimum atomic E-state index is -0.978. The van der Waals surface area contributed by atoms with Gasteiger partial charge in [-0.15, -0.1) is 5.10 Å². The van der Waals surface area contributed by atoms with Crippen molar-refractivity contribution in [1.29, 1.82) is 0 Å². The van der Waals surface area contributed by atoms with Crippen LogP contribution < -0.4 is 5.73 Å². The molecule has 3 rings (SSSR count). The highest BCUT2D eigenvalue weighted by Gasteiger charge is 2.12. The van der Waals surface area contributed by atoms with Crippen LogP contribution in [0.3, 0.4) is 0 Å². The first-order valence-corrected chi connectivity index (χ1v) is 6.43. The fourth-order valence-electron chi connectivity index (χ4n) is 2.20. The average Bonchev–Trinajstić information content (AvgIpc) is 2.85. The predicted molar refractivity (Wildman–Crippen MR) is 77.0 cm³/mol. The summed E-state index contributed by atoms with van der Waals surface area (Å²) in [4.78, 5) is 19.6. The third-order valence-corrected chi connectivity index (χ3v) is 3.22. The molecule has 0 saturated heterocycles. The van der Waals surface area contributed by atoms with Crippen LogP contribution >= 0.6 is 0 Å². The van der Waals surface area contributed by atoms with E-state index in [1.807, 2.05) is 13.0 Å². The third kappa shape index (κ3) is 2.29. The summed E-state index contributed by atoms with van der Waals surface area (Å²) in [6.45, 7) is 1.87. The number of aromatic carboxylic acids is 1. The van der Waals surface area contributed by atoms with Crippen molar-refractivity contribution < 1.29 is 9.90 Å². The smallest absolute Gasteiger partial charge is 0.337 e. The Kier molecular flexibility index (Phi) is 3.02. The molecule has 7 heteroatoms. The highest BCUT2D eigenvalue weighted by Crippen LogP contribution is 2.22. The molecule has 3 aromatic rings. The zero-order valence-electron chi connectivity index (χ0n) is 11.3. The molecule has 106 valence electrons. The second-order valence-electron chi connectivity index (χ2n) is 4.57. The zero-order chi connectivity index (χ0) is 15.0. The number of nitrogen functional groups attached to an aromatic ring is 1. The standard InChI is InChI=1S/C14H13N5O2/c1-2-11-10(13(20)21)5-9(7-16-11)8-3-4-19-12(6-8)17-14(15)18-19/h3-7H,2H2,1H3,(H2,15,18)(H,20,21). The molecule has 0 amide bonds. The number of fused-ring (bicyclic) bond motifs is 1. The first-order chi connectivity index (χ1) is 10.1. The molecule has 0 saturated carbocycles. The molecule has 0 bridgehead atoms. The number of aryl methyl sites for hydroxylation is 1. The summed E-state index contributed by atoms with van der Waals surface area (Å²) in [7, 11) is 0. The Bertz CT molecular complexity index is 840. The van der Waals surface area contributed by atoms with E-state index >= 15 is 0 Å². The molecular weight excluding hydrogens is 270 g/mol. The monoisotopic (exact) mass is 283 g/mol. The molecular formula is C14H13N5O2. The van der Waals surface area contributed by atoms with Gasteiger partial charge in [0.1, 0.15) is 0 Å². The fourth-order valence-corrected chi connectivity index (χ4v) is 2.20. The van der Waals surface area contributed by atoms with Crippen molar-refractivity contribution >= 4 is 17.6 Å². The SMILES string of the molecule is CCc1ncc(-c2ccn3nc(N)nc3c2)cc1C(=O)O. The van der Waals surface area contributed by atoms with Gasteiger partial charge < -0.3 is 10.8 Å². The molecule has 0 radical (unpaired) electrons. The van der Waals surface area contributed by atoms with Crippen molar-refractivity contribution in [3.05, 3.63) is 41.9 Å². The Morgan fingerprint density at radius 3 is 2.90 bits per heavy atom. The Labute approximate surface area is 120 Å². The highest BCUT2D eigenvalue weighted by molar-refractivity contribution is 5.90. The second-order valence-corrected chi connectivity index (χ2v) is 4.57. The number of aromatic nitrogens is 4. The lowest BCUT2D eigenvalue weighted by Crippen LogP contribution is -2.04. The van der Waals surface area contributed by atoms with Gasteiger partial charge in [0.2, 0.25) is 5.95 Å². The van der Waals surface area contributed by atoms with Gasteiger partial charge >= 0.3 is 5.97 Å². The highest BCUT2D eigenvalue weighted by atomic mass is 16.4. The Morgan fingerprint density at radius 1 is 1.38 bits per heavy atom. The van der Waals surface area contributed by atoms with Crippen LogP contribution in [-0.4, -0.2) is 30.7 Å². The van der Waals surface area contributed by atoms with Crippen LogP contribution in [0.5, 0.6) is 0 Å². The van der Waals surface area contributed by atoms with Crippen LogP contribution in [0.15, 0.2) is 30.6 Å². The van der Waals surface area contributed by atoms with E-state index in [1.54, 1.807) is 29.0 Å². The quantitative estimate of drug-likeness (QED) is 0.756. The Hall–Kier alpha value is -2.96. The number of rotatable bonds is 3. The van der Waals surface area contributed by atoms with Crippen LogP contribution in [0, 0.1) is 0 Å². The predicted octanol–water partition coefficient (Wildman–Crippen LogP) is 1.63. The third-order valence-electron chi connectivity index (χ3n) is 3.22. The van der Waals surface area contributed by atoms with Crippen LogP contribution in [0.25, 0.3) is 16.8 Å². The molecule has 3 aromatic heterocycles. The van der Waals surface area contributed by atoms with Gasteiger partial charge in [-0.2, -0.15) is 4.98 Å². The van der Waals surface area contributed by atoms with E-state index in [9.17, 15) is 9.90 Å². The van der Waals surface area contributed by atoms with E-state index in [4.69, 9.17) is 5.73 Å². The lowest BCUT2D eigenvalue weighted by atomic mass is 10.0. The van der Waals surface area contributed by atoms with Crippen molar-refractivity contribution in [3.63, 3.8) is 0 Å². The average molecular weight is 283 g/mol. The molecule has 3 heterocycles. The van der Waals surface area contributed by atoms with E-state index in [-0.39, 0.29) is 11.5 Å². The Morgan fingerprint density at radius 2 is 2.19 bits per heavy atom. The van der Waals surface area contributed by atoms with E-state index in [2.05, 4.69) is 15.1 Å². The van der Waals surface area contributed by atoms with Gasteiger partial charge in [-0.05, 0) is 30.2 Å². The molecule has 0 spiro atoms. The number of nitrogens with two attached hydrogens (primary N) is 1. The van der Waals surface area contributed by atoms with E-state index < -0.39 is 5.97 Å². The molecule has 0 atom stereocenters. The van der Waals surface area contributed by atoms with Crippen molar-refractivity contribution in [2.24, 2.45) is 0 Å². The topological polar surface area (TPSA) is 106 Å². The summed E-state index contributed by atoms with van der Waals surface area (Å²) in [5.41, 5.74) is 8.46. The normalized spacial score (nSPS) is 10.9. The molecule has 0 unspecified atom stereocenters. The number of pyridine rings is 2. The largest absolute Gasteiger partial charge is 0.478 e. The number of anilines is 1. The zero-order valence-corrected chi connectivity index (χ0v) is 11.3. The van der Waals surface area contributed by atoms with E-state index in [1.165, 1.54) is 0 Å². The van der Waals surface area contributed by atoms with Gasteiger partial charge in [0.05, 0.1) is 11.3 Å². The van der Waals surface area contributed by atoms with Crippen LogP contribution in [0.2, 0.25) is 0 Å². The first kappa shape index (κ1) is 13.0. The summed E-state index contributed by atoms with van der Waals surface area (Å²) >= 11 is 0. The summed E-state index contributed by atoms with van der Waals surface area (Å²) in [5, 5.41) is 13.3. The molecule has 0 aliphatic heterocycles. The molecule has 0 aliphatic rings. The summed E-state index contributed by atoms with van der Waals surface area (Å²) in [6, 6.07) is 5.23. The minimum Gasteiger partial charge on any atom is -0.478 e. The first-order valence-electron chi connectivity index (χ1n) is 6.43. The molecule has 0 aromatic carbocycles. The van der Waals surface area contributed by atoms with Crippen molar-refractivity contribution in [2.45, 2.75) is 13.3 Å². The maximum atomic E-state index is 11.3. The number of carboxylic acid groups (broad SMARTS) is 1. The van der Waals surface area contributed by atoms with Crippen LogP contribution in [0.1, 0.15) is 23.0 Å². The summed E-state index contributed by atoms with van der Waals surface area (Å²) in [6.07, 6.45) is 3.96. The minimum absolute atomic E-state index is 0.192. The second kappa shape index (κ2) is 4.86. The number of carboxylic acids is 1. The summed E-state index contributed by atoms with van der Waals surface area (Å²) < 4.78 is 1.56. The van der Waals surface area contributed by atoms with Gasteiger partial charge in [-0.25, -0.2) is 9.31 Å². The number of carbonyl (C=O) groups is 1. The number of nitrogens with zero attached hydrogens (tertiary/aromatic N) is 4. The molecule has 21 heavy (non-hydrogen) atoms. The van der Waals surface area contributed by atoms with Gasteiger partial charge in [-0.3, -0.25) is 4.98 Å². The lowest BCUT2D eigenvalue weighted by Gasteiger charge is -2.06. The number of hydrogen-bond acceptors (Lipinski definition) is 5. The van der Waals surface area contributed by atoms with Gasteiger partial charge in [0.25, 0.3) is 0 Å². The van der Waals surface area contributed by atoms with E-state index in [0.717, 1.165) is 5.56 Å². The number of hydrogen-bond donors (Lipinski definition) is 2. The molecule has 3 N–H and O–H groups in total. The lowest BCUT2D eigenvalue weighted by molar-refractivity contribution is 0.0695. The summed E-state index contributed by atoms with van der Waals surface area (Å²) in [5.74, 6) is -0.785. The van der Waals surface area contributed by atoms with Crippen LogP contribution in [0.4, 0.5) is 5.95 Å². The van der Waals surface area contributed by atoms with Crippen LogP contribution in [-0.2, 0) is 6.42 Å². The Balaban J connectivity index is 2.13. The molecule has 7 nitrogen and oxygen atoms in total.